The summed E-state index contributed by atoms with van der Waals surface area (Å²) in [5.41, 5.74) is 11.5. The molecule has 3 amide bonds. The molecule has 6 heterocycles. The number of carbonyl (C=O) groups excluding carboxylic acids is 5. The van der Waals surface area contributed by atoms with Crippen LogP contribution in [0.1, 0.15) is 93.1 Å². The van der Waals surface area contributed by atoms with Crippen molar-refractivity contribution in [3.63, 3.8) is 0 Å². The summed E-state index contributed by atoms with van der Waals surface area (Å²) in [5, 5.41) is 56.0. The Morgan fingerprint density at radius 2 is 0.813 bits per heavy atom. The zero-order chi connectivity index (χ0) is 64.4. The largest absolute Gasteiger partial charge is 1.00 e. The van der Waals surface area contributed by atoms with Gasteiger partial charge in [-0.25, -0.2) is 29.3 Å². The fourth-order valence-corrected chi connectivity index (χ4v) is 7.92. The molecule has 0 atom stereocenters. The standard InChI is InChI=1S/C21H22N6O3.C19H18N6O3.C16H17ClN4O3.C5H6N2.Na.H2O/c1-4-30-21(29)14-8-7-9-15(13(14)2)24-16-12-18(25-17-10-5-6-11-23-17)26-27-19(16)20(28)22-3;1-11-12(19(27)28)6-5-7-13(11)22-14-10-16(23-15-8-3-4-9-21-15)24-25-17(14)18(26)20-2;1-4-24-16(23)10-6-5-7-11(9(10)2)19-12-8-13(17)20-21-14(12)15(22)18-3;6-5-3-1-2-4-7-5;;/h5-12H,4H2,1-3H3,(H,22,28)(H2,23,24,25,26);3-10H,1-2H3,(H,20,26)(H,27,28)(H2,21,22,23,24);5-8H,4H2,1-3H3,(H,18,22)(H,19,20);1-4H,(H2,6,7);;1H2/q;;;;+1;/p-1. The van der Waals surface area contributed by atoms with Crippen molar-refractivity contribution in [2.75, 3.05) is 66.7 Å². The Kier molecular flexibility index (Phi) is 29.2. The Morgan fingerprint density at radius 3 is 1.14 bits per heavy atom. The second kappa shape index (κ2) is 36.5. The number of nitrogens with zero attached hydrogens (tertiary/aromatic N) is 9. The van der Waals surface area contributed by atoms with E-state index in [1.807, 2.05) is 24.3 Å². The van der Waals surface area contributed by atoms with E-state index in [4.69, 9.17) is 26.8 Å². The molecule has 0 fully saturated rings. The van der Waals surface area contributed by atoms with Crippen LogP contribution in [0.25, 0.3) is 0 Å². The third-order valence-corrected chi connectivity index (χ3v) is 12.4. The number of carboxylic acid groups (broad SMARTS) is 1. The summed E-state index contributed by atoms with van der Waals surface area (Å²) in [6.07, 6.45) is 4.95. The van der Waals surface area contributed by atoms with Crippen molar-refractivity contribution in [2.24, 2.45) is 0 Å². The molecule has 3 aromatic carbocycles. The number of halogens is 1. The van der Waals surface area contributed by atoms with Crippen molar-refractivity contribution in [1.29, 1.82) is 0 Å². The molecule has 12 N–H and O–H groups in total. The van der Waals surface area contributed by atoms with Gasteiger partial charge in [-0.15, -0.1) is 30.6 Å². The van der Waals surface area contributed by atoms with Crippen LogP contribution in [0.15, 0.2) is 146 Å². The van der Waals surface area contributed by atoms with Gasteiger partial charge in [0.05, 0.1) is 47.0 Å². The first-order valence-corrected chi connectivity index (χ1v) is 27.4. The third-order valence-electron chi connectivity index (χ3n) is 12.2. The zero-order valence-electron chi connectivity index (χ0n) is 50.9. The molecule has 30 heteroatoms. The summed E-state index contributed by atoms with van der Waals surface area (Å²) < 4.78 is 10.1. The minimum Gasteiger partial charge on any atom is -0.870 e. The van der Waals surface area contributed by atoms with Crippen LogP contribution in [0.3, 0.4) is 0 Å². The number of hydrogen-bond acceptors (Lipinski definition) is 24. The Labute approximate surface area is 550 Å². The van der Waals surface area contributed by atoms with E-state index in [0.717, 1.165) is 0 Å². The number of anilines is 11. The average Bonchev–Trinajstić information content (AvgIpc) is 1.38. The maximum absolute atomic E-state index is 12.3. The quantitative estimate of drug-likeness (QED) is 0.0341. The number of esters is 2. The summed E-state index contributed by atoms with van der Waals surface area (Å²) in [6.45, 7) is 9.35. The van der Waals surface area contributed by atoms with Crippen LogP contribution in [-0.4, -0.2) is 126 Å². The number of ether oxygens (including phenoxy) is 2. The number of benzene rings is 3. The molecule has 91 heavy (non-hydrogen) atoms. The summed E-state index contributed by atoms with van der Waals surface area (Å²) in [6, 6.07) is 36.3. The van der Waals surface area contributed by atoms with E-state index >= 15 is 0 Å². The van der Waals surface area contributed by atoms with Crippen LogP contribution in [0.5, 0.6) is 0 Å². The number of pyridine rings is 3. The molecule has 0 saturated carbocycles. The van der Waals surface area contributed by atoms with Gasteiger partial charge < -0.3 is 68.3 Å². The number of nitrogens with two attached hydrogens (primary N) is 1. The van der Waals surface area contributed by atoms with Crippen LogP contribution in [-0.2, 0) is 9.47 Å². The van der Waals surface area contributed by atoms with Crippen LogP contribution in [0.4, 0.5) is 63.2 Å². The summed E-state index contributed by atoms with van der Waals surface area (Å²) in [4.78, 5) is 84.0. The first kappa shape index (κ1) is 72.7. The Balaban J connectivity index is 0.000000274. The van der Waals surface area contributed by atoms with Gasteiger partial charge in [0.2, 0.25) is 0 Å². The van der Waals surface area contributed by atoms with E-state index in [-0.39, 0.29) is 69.4 Å². The van der Waals surface area contributed by atoms with Gasteiger partial charge >= 0.3 is 47.5 Å². The van der Waals surface area contributed by atoms with Crippen LogP contribution in [0.2, 0.25) is 5.15 Å². The van der Waals surface area contributed by atoms with E-state index in [1.165, 1.54) is 33.3 Å². The SMILES string of the molecule is CCOC(=O)c1cccc(Nc2cc(Cl)nnc2C(=O)NC)c1C.CCOC(=O)c1cccc(Nc2cc(Nc3ccccn3)nnc2C(=O)NC)c1C.CNC(=O)c1nnc(Nc2ccccn2)cc1Nc1cccc(C(=O)O)c1C.Nc1ccccn1.[Na+].[OH-]. The van der Waals surface area contributed by atoms with Gasteiger partial charge in [-0.05, 0) is 124 Å². The molecule has 0 unspecified atom stereocenters. The number of aromatic carboxylic acids is 1. The van der Waals surface area contributed by atoms with Crippen LogP contribution >= 0.6 is 11.6 Å². The fraction of sp³-hybridized carbons (Fsp3) is 0.164. The molecule has 28 nitrogen and oxygen atoms in total. The van der Waals surface area contributed by atoms with Crippen molar-refractivity contribution < 1.29 is 78.4 Å². The van der Waals surface area contributed by atoms with Gasteiger partial charge in [-0.2, -0.15) is 0 Å². The third kappa shape index (κ3) is 20.9. The molecule has 0 saturated heterocycles. The number of hydrogen-bond donors (Lipinski definition) is 10. The van der Waals surface area contributed by atoms with Gasteiger partial charge in [0, 0.05) is 75.0 Å². The molecule has 6 aromatic heterocycles. The normalized spacial score (nSPS) is 9.86. The minimum atomic E-state index is -1.03. The maximum Gasteiger partial charge on any atom is 1.00 e. The molecular formula is C61H64ClN18NaO10. The Hall–Kier alpha value is -10.8. The molecule has 0 aliphatic rings. The predicted molar refractivity (Wildman–Crippen MR) is 339 cm³/mol. The van der Waals surface area contributed by atoms with E-state index < -0.39 is 35.6 Å². The first-order chi connectivity index (χ1) is 42.9. The smallest absolute Gasteiger partial charge is 0.870 e. The van der Waals surface area contributed by atoms with Gasteiger partial charge in [-0.3, -0.25) is 14.4 Å². The number of aromatic nitrogens is 9. The summed E-state index contributed by atoms with van der Waals surface area (Å²) >= 11 is 5.87. The molecule has 0 radical (unpaired) electrons. The van der Waals surface area contributed by atoms with Crippen molar-refractivity contribution in [1.82, 2.24) is 61.5 Å². The van der Waals surface area contributed by atoms with Gasteiger partial charge in [0.1, 0.15) is 17.5 Å². The number of rotatable bonds is 18. The minimum absolute atomic E-state index is 0. The second-order valence-corrected chi connectivity index (χ2v) is 18.5. The summed E-state index contributed by atoms with van der Waals surface area (Å²) in [7, 11) is 4.50. The van der Waals surface area contributed by atoms with E-state index in [1.54, 1.807) is 144 Å². The molecule has 0 aliphatic carbocycles. The molecule has 466 valence electrons. The second-order valence-electron chi connectivity index (χ2n) is 18.1. The number of nitrogen functional groups attached to an aromatic ring is 1. The molecule has 0 bridgehead atoms. The maximum atomic E-state index is 12.3. The van der Waals surface area contributed by atoms with Gasteiger partial charge in [-0.1, -0.05) is 48.0 Å². The van der Waals surface area contributed by atoms with Crippen molar-refractivity contribution in [3.05, 3.63) is 202 Å². The van der Waals surface area contributed by atoms with E-state index in [2.05, 4.69) is 88.1 Å². The zero-order valence-corrected chi connectivity index (χ0v) is 53.7. The molecule has 0 spiro atoms. The topological polar surface area (TPSA) is 409 Å². The fourth-order valence-electron chi connectivity index (χ4n) is 7.77. The van der Waals surface area contributed by atoms with Gasteiger partial charge in [0.15, 0.2) is 33.9 Å². The van der Waals surface area contributed by atoms with E-state index in [0.29, 0.717) is 97.6 Å². The number of carbonyl (C=O) groups is 6. The van der Waals surface area contributed by atoms with Crippen molar-refractivity contribution in [3.8, 4) is 0 Å². The number of nitrogens with one attached hydrogen (secondary N) is 8. The first-order valence-electron chi connectivity index (χ1n) is 27.0. The van der Waals surface area contributed by atoms with Gasteiger partial charge in [0.25, 0.3) is 17.7 Å². The Bertz CT molecular complexity index is 3940. The summed E-state index contributed by atoms with van der Waals surface area (Å²) in [5.74, 6) is -0.553. The average molecular weight is 1270 g/mol. The number of amides is 3. The van der Waals surface area contributed by atoms with Crippen LogP contribution < -0.4 is 77.8 Å². The Morgan fingerprint density at radius 1 is 0.451 bits per heavy atom. The van der Waals surface area contributed by atoms with Crippen molar-refractivity contribution in [2.45, 2.75) is 34.6 Å². The van der Waals surface area contributed by atoms with E-state index in [9.17, 15) is 33.9 Å². The monoisotopic (exact) mass is 1270 g/mol. The molecule has 0 aliphatic heterocycles. The predicted octanol–water partition coefficient (Wildman–Crippen LogP) is 6.14. The molecule has 9 aromatic rings. The number of carboxylic acids is 1. The van der Waals surface area contributed by atoms with Crippen molar-refractivity contribution >= 4 is 110 Å². The molecule has 9 rings (SSSR count). The van der Waals surface area contributed by atoms with Crippen LogP contribution in [0, 0.1) is 20.8 Å². The molecular weight excluding hydrogens is 1200 g/mol.